The third-order valence-electron chi connectivity index (χ3n) is 7.07. The molecule has 0 amide bonds. The van der Waals surface area contributed by atoms with Gasteiger partial charge >= 0.3 is 0 Å². The average Bonchev–Trinajstić information content (AvgIpc) is 2.90. The van der Waals surface area contributed by atoms with Crippen molar-refractivity contribution >= 4 is 23.7 Å². The van der Waals surface area contributed by atoms with Crippen molar-refractivity contribution in [3.63, 3.8) is 0 Å². The normalized spacial score (nSPS) is 14.3. The van der Waals surface area contributed by atoms with Gasteiger partial charge in [0.05, 0.1) is 0 Å². The summed E-state index contributed by atoms with van der Waals surface area (Å²) in [4.78, 5) is 16.7. The minimum absolute atomic E-state index is 0.724. The monoisotopic (exact) mass is 520 g/mol. The molecule has 1 saturated heterocycles. The lowest BCUT2D eigenvalue weighted by molar-refractivity contribution is 0.237. The summed E-state index contributed by atoms with van der Waals surface area (Å²) in [6, 6.07) is 0. The summed E-state index contributed by atoms with van der Waals surface area (Å²) < 4.78 is 0. The van der Waals surface area contributed by atoms with Crippen LogP contribution in [0.2, 0.25) is 0 Å². The average molecular weight is 521 g/mol. The Morgan fingerprint density at radius 2 is 1.14 bits per heavy atom. The molecule has 0 spiro atoms. The van der Waals surface area contributed by atoms with Crippen LogP contribution in [0.1, 0.15) is 129 Å². The molecule has 0 bridgehead atoms. The summed E-state index contributed by atoms with van der Waals surface area (Å²) in [5, 5.41) is 7.82. The molecule has 2 N–H and O–H groups in total. The Bertz CT molecular complexity index is 638. The van der Waals surface area contributed by atoms with Gasteiger partial charge < -0.3 is 15.5 Å². The molecular weight excluding hydrogens is 464 g/mol. The fourth-order valence-electron chi connectivity index (χ4n) is 4.77. The summed E-state index contributed by atoms with van der Waals surface area (Å²) in [5.74, 6) is 2.54. The zero-order valence-electron chi connectivity index (χ0n) is 23.7. The van der Waals surface area contributed by atoms with Crippen molar-refractivity contribution in [2.45, 2.75) is 135 Å². The Morgan fingerprint density at radius 3 is 1.75 bits per heavy atom. The maximum absolute atomic E-state index is 4.73. The van der Waals surface area contributed by atoms with Crippen LogP contribution in [0.5, 0.6) is 0 Å². The van der Waals surface area contributed by atoms with Gasteiger partial charge in [-0.1, -0.05) is 116 Å². The van der Waals surface area contributed by atoms with Gasteiger partial charge in [-0.2, -0.15) is 15.0 Å². The molecule has 36 heavy (non-hydrogen) atoms. The second-order valence-electron chi connectivity index (χ2n) is 10.5. The molecule has 7 heteroatoms. The number of piperidine rings is 1. The summed E-state index contributed by atoms with van der Waals surface area (Å²) in [6.07, 6.45) is 24.1. The molecule has 208 valence electrons. The lowest BCUT2D eigenvalue weighted by Crippen LogP contribution is -2.34. The second-order valence-corrected chi connectivity index (χ2v) is 11.5. The number of rotatable bonds is 23. The van der Waals surface area contributed by atoms with E-state index in [1.807, 2.05) is 0 Å². The van der Waals surface area contributed by atoms with Crippen LogP contribution in [0.4, 0.5) is 11.9 Å². The molecule has 1 aliphatic heterocycles. The van der Waals surface area contributed by atoms with E-state index in [4.69, 9.17) is 15.0 Å². The van der Waals surface area contributed by atoms with Crippen molar-refractivity contribution in [1.82, 2.24) is 19.9 Å². The van der Waals surface area contributed by atoms with Gasteiger partial charge in [0.25, 0.3) is 0 Å². The van der Waals surface area contributed by atoms with Crippen LogP contribution in [0.15, 0.2) is 5.16 Å². The number of unbranched alkanes of at least 4 members (excludes halogenated alkanes) is 13. The molecule has 0 aromatic carbocycles. The molecule has 1 aliphatic rings. The van der Waals surface area contributed by atoms with Gasteiger partial charge in [-0.05, 0) is 38.8 Å². The molecule has 0 aliphatic carbocycles. The highest BCUT2D eigenvalue weighted by atomic mass is 32.2. The molecule has 2 heterocycles. The third kappa shape index (κ3) is 15.9. The third-order valence-corrected chi connectivity index (χ3v) is 8.00. The van der Waals surface area contributed by atoms with E-state index in [1.165, 1.54) is 129 Å². The molecule has 0 unspecified atom stereocenters. The highest BCUT2D eigenvalue weighted by molar-refractivity contribution is 7.99. The summed E-state index contributed by atoms with van der Waals surface area (Å²) in [7, 11) is 0. The zero-order chi connectivity index (χ0) is 25.5. The van der Waals surface area contributed by atoms with Crippen molar-refractivity contribution < 1.29 is 0 Å². The fourth-order valence-corrected chi connectivity index (χ4v) is 5.60. The van der Waals surface area contributed by atoms with Gasteiger partial charge in [-0.15, -0.1) is 0 Å². The van der Waals surface area contributed by atoms with Crippen LogP contribution < -0.4 is 10.6 Å². The van der Waals surface area contributed by atoms with Crippen LogP contribution >= 0.6 is 11.8 Å². The predicted octanol–water partition coefficient (Wildman–Crippen LogP) is 8.16. The van der Waals surface area contributed by atoms with Crippen molar-refractivity contribution in [3.8, 4) is 0 Å². The van der Waals surface area contributed by atoms with Gasteiger partial charge in [0.1, 0.15) is 0 Å². The maximum atomic E-state index is 4.73. The number of likely N-dealkylation sites (tertiary alicyclic amines) is 1. The second kappa shape index (κ2) is 22.0. The molecule has 6 nitrogen and oxygen atoms in total. The van der Waals surface area contributed by atoms with Gasteiger partial charge in [0, 0.05) is 25.4 Å². The zero-order valence-corrected chi connectivity index (χ0v) is 24.5. The quantitative estimate of drug-likeness (QED) is 0.111. The lowest BCUT2D eigenvalue weighted by atomic mass is 10.1. The number of hydrogen-bond acceptors (Lipinski definition) is 7. The van der Waals surface area contributed by atoms with Crippen LogP contribution in [0, 0.1) is 0 Å². The molecule has 0 radical (unpaired) electrons. The number of nitrogens with one attached hydrogen (secondary N) is 2. The Morgan fingerprint density at radius 1 is 0.611 bits per heavy atom. The Hall–Kier alpha value is -1.08. The Labute approximate surface area is 227 Å². The number of anilines is 2. The maximum Gasteiger partial charge on any atom is 0.228 e. The van der Waals surface area contributed by atoms with Crippen LogP contribution in [0.3, 0.4) is 0 Å². The van der Waals surface area contributed by atoms with E-state index >= 15 is 0 Å². The summed E-state index contributed by atoms with van der Waals surface area (Å²) in [6.45, 7) is 9.90. The first-order chi connectivity index (χ1) is 17.8. The van der Waals surface area contributed by atoms with Gasteiger partial charge in [0.15, 0.2) is 5.16 Å². The number of hydrogen-bond donors (Lipinski definition) is 2. The van der Waals surface area contributed by atoms with E-state index in [0.717, 1.165) is 42.4 Å². The Balaban J connectivity index is 1.72. The molecule has 0 atom stereocenters. The molecule has 1 fully saturated rings. The first kappa shape index (κ1) is 31.1. The van der Waals surface area contributed by atoms with E-state index in [0.29, 0.717) is 0 Å². The first-order valence-corrected chi connectivity index (χ1v) is 16.4. The Kier molecular flexibility index (Phi) is 19.0. The first-order valence-electron chi connectivity index (χ1n) is 15.4. The smallest absolute Gasteiger partial charge is 0.228 e. The molecule has 1 aromatic rings. The van der Waals surface area contributed by atoms with E-state index < -0.39 is 0 Å². The molecular formula is C29H56N6S. The summed E-state index contributed by atoms with van der Waals surface area (Å²) in [5.41, 5.74) is 0. The standard InChI is InChI=1S/C29H56N6S/c1-3-5-7-9-11-12-13-14-17-21-30-27-32-28(31-22-25-35-23-18-16-19-24-35)34-29(33-27)36-26-20-15-10-8-6-4-2/h3-26H2,1-2H3,(H2,30,31,32,33,34). The SMILES string of the molecule is CCCCCCCCCCCNc1nc(NCCN2CCCCC2)nc(SCCCCCCCC)n1. The van der Waals surface area contributed by atoms with Crippen molar-refractivity contribution in [2.75, 3.05) is 49.1 Å². The van der Waals surface area contributed by atoms with Crippen molar-refractivity contribution in [1.29, 1.82) is 0 Å². The number of aromatic nitrogens is 3. The predicted molar refractivity (Wildman–Crippen MR) is 158 cm³/mol. The number of nitrogens with zero attached hydrogens (tertiary/aromatic N) is 4. The van der Waals surface area contributed by atoms with Crippen LogP contribution in [0.25, 0.3) is 0 Å². The highest BCUT2D eigenvalue weighted by Crippen LogP contribution is 2.19. The highest BCUT2D eigenvalue weighted by Gasteiger charge is 2.11. The van der Waals surface area contributed by atoms with Crippen molar-refractivity contribution in [2.24, 2.45) is 0 Å². The minimum Gasteiger partial charge on any atom is -0.354 e. The van der Waals surface area contributed by atoms with Crippen LogP contribution in [-0.2, 0) is 0 Å². The molecule has 0 saturated carbocycles. The molecule has 1 aromatic heterocycles. The van der Waals surface area contributed by atoms with E-state index in [9.17, 15) is 0 Å². The van der Waals surface area contributed by atoms with Gasteiger partial charge in [0.2, 0.25) is 11.9 Å². The minimum atomic E-state index is 0.724. The van der Waals surface area contributed by atoms with Gasteiger partial charge in [-0.25, -0.2) is 0 Å². The van der Waals surface area contributed by atoms with E-state index in [1.54, 1.807) is 11.8 Å². The van der Waals surface area contributed by atoms with E-state index in [2.05, 4.69) is 29.4 Å². The number of thioether (sulfide) groups is 1. The molecule has 2 rings (SSSR count). The fraction of sp³-hybridized carbons (Fsp3) is 0.897. The van der Waals surface area contributed by atoms with E-state index in [-0.39, 0.29) is 0 Å². The largest absolute Gasteiger partial charge is 0.354 e. The van der Waals surface area contributed by atoms with Crippen molar-refractivity contribution in [3.05, 3.63) is 0 Å². The lowest BCUT2D eigenvalue weighted by Gasteiger charge is -2.26. The van der Waals surface area contributed by atoms with Crippen LogP contribution in [-0.4, -0.2) is 58.3 Å². The topological polar surface area (TPSA) is 66.0 Å². The summed E-state index contributed by atoms with van der Waals surface area (Å²) >= 11 is 1.78. The van der Waals surface area contributed by atoms with Gasteiger partial charge in [-0.3, -0.25) is 0 Å².